The molecule has 0 amide bonds. The molecule has 2 heterocycles. The molecule has 86 valence electrons. The first-order valence-electron chi connectivity index (χ1n) is 5.58. The van der Waals surface area contributed by atoms with Crippen molar-refractivity contribution in [1.82, 2.24) is 9.88 Å². The smallest absolute Gasteiger partial charge is 0.303 e. The van der Waals surface area contributed by atoms with Crippen molar-refractivity contribution in [1.29, 1.82) is 0 Å². The highest BCUT2D eigenvalue weighted by Crippen LogP contribution is 2.20. The van der Waals surface area contributed by atoms with Gasteiger partial charge in [-0.15, -0.1) is 0 Å². The summed E-state index contributed by atoms with van der Waals surface area (Å²) in [4.78, 5) is 17.1. The lowest BCUT2D eigenvalue weighted by Crippen LogP contribution is -2.21. The zero-order valence-electron chi connectivity index (χ0n) is 9.17. The summed E-state index contributed by atoms with van der Waals surface area (Å²) >= 11 is 0. The molecule has 0 saturated carbocycles. The monoisotopic (exact) mass is 220 g/mol. The van der Waals surface area contributed by atoms with Crippen LogP contribution in [0.5, 0.6) is 0 Å². The van der Waals surface area contributed by atoms with Crippen molar-refractivity contribution in [3.05, 3.63) is 30.1 Å². The average Bonchev–Trinajstić information content (AvgIpc) is 2.66. The third-order valence-electron chi connectivity index (χ3n) is 2.95. The number of pyridine rings is 1. The third-order valence-corrected chi connectivity index (χ3v) is 2.95. The summed E-state index contributed by atoms with van der Waals surface area (Å²) in [5.74, 6) is -0.383. The van der Waals surface area contributed by atoms with Crippen LogP contribution < -0.4 is 0 Å². The molecule has 1 N–H and O–H groups in total. The van der Waals surface area contributed by atoms with Gasteiger partial charge in [-0.25, -0.2) is 0 Å². The van der Waals surface area contributed by atoms with E-state index in [0.717, 1.165) is 31.7 Å². The number of hydrogen-bond donors (Lipinski definition) is 1. The van der Waals surface area contributed by atoms with Crippen molar-refractivity contribution in [2.75, 3.05) is 13.1 Å². The minimum atomic E-state index is -0.690. The second kappa shape index (κ2) is 5.07. The first kappa shape index (κ1) is 11.1. The normalized spacial score (nSPS) is 21.1. The van der Waals surface area contributed by atoms with Crippen LogP contribution in [0.15, 0.2) is 24.4 Å². The molecule has 1 aliphatic rings. The largest absolute Gasteiger partial charge is 0.481 e. The highest BCUT2D eigenvalue weighted by molar-refractivity contribution is 5.67. The van der Waals surface area contributed by atoms with Crippen LogP contribution >= 0.6 is 0 Å². The summed E-state index contributed by atoms with van der Waals surface area (Å²) in [7, 11) is 0. The van der Waals surface area contributed by atoms with Gasteiger partial charge in [-0.3, -0.25) is 14.7 Å². The predicted molar refractivity (Wildman–Crippen MR) is 59.9 cm³/mol. The third kappa shape index (κ3) is 3.03. The Balaban J connectivity index is 1.83. The van der Waals surface area contributed by atoms with Crippen LogP contribution in [0.3, 0.4) is 0 Å². The minimum absolute atomic E-state index is 0.290. The van der Waals surface area contributed by atoms with Crippen molar-refractivity contribution < 1.29 is 9.90 Å². The lowest BCUT2D eigenvalue weighted by atomic mass is 10.1. The molecule has 1 fully saturated rings. The van der Waals surface area contributed by atoms with Crippen LogP contribution in [0, 0.1) is 5.92 Å². The Morgan fingerprint density at radius 2 is 2.44 bits per heavy atom. The van der Waals surface area contributed by atoms with Crippen molar-refractivity contribution >= 4 is 5.97 Å². The van der Waals surface area contributed by atoms with E-state index in [1.165, 1.54) is 0 Å². The standard InChI is InChI=1S/C12H16N2O2/c15-12(16)7-10-4-6-14(8-10)9-11-3-1-2-5-13-11/h1-3,5,10H,4,6-9H2,(H,15,16)/t10-/m0/s1. The summed E-state index contributed by atoms with van der Waals surface area (Å²) in [6.07, 6.45) is 3.07. The number of carbonyl (C=O) groups is 1. The Kier molecular flexibility index (Phi) is 3.51. The van der Waals surface area contributed by atoms with Crippen LogP contribution in [0.2, 0.25) is 0 Å². The fourth-order valence-electron chi connectivity index (χ4n) is 2.19. The molecule has 16 heavy (non-hydrogen) atoms. The molecule has 4 heteroatoms. The van der Waals surface area contributed by atoms with Gasteiger partial charge in [0.1, 0.15) is 0 Å². The van der Waals surface area contributed by atoms with Gasteiger partial charge in [0.05, 0.1) is 5.69 Å². The number of rotatable bonds is 4. The summed E-state index contributed by atoms with van der Waals surface area (Å²) in [5.41, 5.74) is 1.05. The fourth-order valence-corrected chi connectivity index (χ4v) is 2.19. The van der Waals surface area contributed by atoms with Crippen molar-refractivity contribution in [2.24, 2.45) is 5.92 Å². The van der Waals surface area contributed by atoms with E-state index in [1.807, 2.05) is 18.2 Å². The highest BCUT2D eigenvalue weighted by atomic mass is 16.4. The van der Waals surface area contributed by atoms with Gasteiger partial charge in [0.15, 0.2) is 0 Å². The molecule has 0 bridgehead atoms. The molecular formula is C12H16N2O2. The van der Waals surface area contributed by atoms with Gasteiger partial charge in [-0.1, -0.05) is 6.07 Å². The number of aromatic nitrogens is 1. The van der Waals surface area contributed by atoms with E-state index in [9.17, 15) is 4.79 Å². The van der Waals surface area contributed by atoms with Gasteiger partial charge in [0.2, 0.25) is 0 Å². The summed E-state index contributed by atoms with van der Waals surface area (Å²) in [6, 6.07) is 5.89. The van der Waals surface area contributed by atoms with Gasteiger partial charge in [-0.05, 0) is 31.0 Å². The SMILES string of the molecule is O=C(O)C[C@@H]1CCN(Cc2ccccn2)C1. The number of aliphatic carboxylic acids is 1. The maximum absolute atomic E-state index is 10.6. The van der Waals surface area contributed by atoms with Crippen LogP contribution in [0.4, 0.5) is 0 Å². The Morgan fingerprint density at radius 1 is 1.56 bits per heavy atom. The van der Waals surface area contributed by atoms with Crippen molar-refractivity contribution in [3.63, 3.8) is 0 Å². The van der Waals surface area contributed by atoms with E-state index in [4.69, 9.17) is 5.11 Å². The van der Waals surface area contributed by atoms with Crippen molar-refractivity contribution in [3.8, 4) is 0 Å². The summed E-state index contributed by atoms with van der Waals surface area (Å²) in [5, 5.41) is 8.72. The second-order valence-electron chi connectivity index (χ2n) is 4.31. The quantitative estimate of drug-likeness (QED) is 0.832. The van der Waals surface area contributed by atoms with Crippen molar-refractivity contribution in [2.45, 2.75) is 19.4 Å². The van der Waals surface area contributed by atoms with E-state index >= 15 is 0 Å². The van der Waals surface area contributed by atoms with Crippen LogP contribution in [-0.4, -0.2) is 34.0 Å². The molecule has 1 aromatic rings. The van der Waals surface area contributed by atoms with Gasteiger partial charge >= 0.3 is 5.97 Å². The number of likely N-dealkylation sites (tertiary alicyclic amines) is 1. The highest BCUT2D eigenvalue weighted by Gasteiger charge is 2.24. The molecule has 1 saturated heterocycles. The average molecular weight is 220 g/mol. The molecule has 1 aliphatic heterocycles. The van der Waals surface area contributed by atoms with Gasteiger partial charge < -0.3 is 5.11 Å². The van der Waals surface area contributed by atoms with E-state index in [1.54, 1.807) is 6.20 Å². The molecule has 4 nitrogen and oxygen atoms in total. The topological polar surface area (TPSA) is 53.4 Å². The second-order valence-corrected chi connectivity index (χ2v) is 4.31. The van der Waals surface area contributed by atoms with E-state index in [2.05, 4.69) is 9.88 Å². The Labute approximate surface area is 94.9 Å². The van der Waals surface area contributed by atoms with E-state index in [-0.39, 0.29) is 0 Å². The number of hydrogen-bond acceptors (Lipinski definition) is 3. The summed E-state index contributed by atoms with van der Waals surface area (Å²) < 4.78 is 0. The van der Waals surface area contributed by atoms with Crippen LogP contribution in [0.25, 0.3) is 0 Å². The van der Waals surface area contributed by atoms with Crippen LogP contribution in [-0.2, 0) is 11.3 Å². The molecule has 0 spiro atoms. The maximum Gasteiger partial charge on any atom is 0.303 e. The van der Waals surface area contributed by atoms with E-state index in [0.29, 0.717) is 12.3 Å². The maximum atomic E-state index is 10.6. The molecule has 1 aromatic heterocycles. The number of nitrogens with zero attached hydrogens (tertiary/aromatic N) is 2. The van der Waals surface area contributed by atoms with Gasteiger partial charge in [0, 0.05) is 25.7 Å². The lowest BCUT2D eigenvalue weighted by Gasteiger charge is -2.14. The zero-order chi connectivity index (χ0) is 11.4. The molecule has 0 aliphatic carbocycles. The first-order chi connectivity index (χ1) is 7.74. The Morgan fingerprint density at radius 3 is 3.12 bits per heavy atom. The fraction of sp³-hybridized carbons (Fsp3) is 0.500. The molecule has 0 aromatic carbocycles. The van der Waals surface area contributed by atoms with Crippen LogP contribution in [0.1, 0.15) is 18.5 Å². The number of carboxylic acid groups (broad SMARTS) is 1. The summed E-state index contributed by atoms with van der Waals surface area (Å²) in [6.45, 7) is 2.69. The number of carboxylic acids is 1. The van der Waals surface area contributed by atoms with Gasteiger partial charge in [0.25, 0.3) is 0 Å². The first-order valence-corrected chi connectivity index (χ1v) is 5.58. The molecule has 1 atom stereocenters. The zero-order valence-corrected chi connectivity index (χ0v) is 9.17. The van der Waals surface area contributed by atoms with Gasteiger partial charge in [-0.2, -0.15) is 0 Å². The predicted octanol–water partition coefficient (Wildman–Crippen LogP) is 1.38. The molecule has 0 radical (unpaired) electrons. The molecule has 0 unspecified atom stereocenters. The van der Waals surface area contributed by atoms with E-state index < -0.39 is 5.97 Å². The Hall–Kier alpha value is -1.42. The Bertz CT molecular complexity index is 353. The minimum Gasteiger partial charge on any atom is -0.481 e. The lowest BCUT2D eigenvalue weighted by molar-refractivity contribution is -0.138. The molecular weight excluding hydrogens is 204 g/mol. The molecule has 2 rings (SSSR count).